The van der Waals surface area contributed by atoms with Crippen LogP contribution in [0.5, 0.6) is 5.75 Å². The van der Waals surface area contributed by atoms with Gasteiger partial charge >= 0.3 is 16.2 Å². The van der Waals surface area contributed by atoms with Crippen LogP contribution < -0.4 is 14.4 Å². The van der Waals surface area contributed by atoms with E-state index in [1.165, 1.54) is 32.1 Å². The molecule has 0 aromatic heterocycles. The molecule has 3 N–H and O–H groups in total. The van der Waals surface area contributed by atoms with Gasteiger partial charge in [0.15, 0.2) is 5.60 Å². The van der Waals surface area contributed by atoms with Gasteiger partial charge in [0.05, 0.1) is 24.8 Å². The lowest BCUT2D eigenvalue weighted by atomic mass is 9.68. The number of fused-ring (bicyclic) bond motifs is 4. The van der Waals surface area contributed by atoms with Crippen molar-refractivity contribution in [3.05, 3.63) is 70.3 Å². The topological polar surface area (TPSA) is 166 Å². The van der Waals surface area contributed by atoms with Crippen molar-refractivity contribution in [2.24, 2.45) is 11.8 Å². The first-order valence-corrected chi connectivity index (χ1v) is 19.5. The lowest BCUT2D eigenvalue weighted by Crippen LogP contribution is -2.52. The van der Waals surface area contributed by atoms with Crippen molar-refractivity contribution in [3.8, 4) is 5.75 Å². The summed E-state index contributed by atoms with van der Waals surface area (Å²) in [5.74, 6) is -2.25. The molecular formula is C37H47ClN4O9S. The van der Waals surface area contributed by atoms with Gasteiger partial charge in [-0.1, -0.05) is 35.9 Å². The number of halogens is 1. The number of aliphatic carboxylic acids is 1. The minimum atomic E-state index is -4.32. The summed E-state index contributed by atoms with van der Waals surface area (Å²) in [5, 5.41) is 22.3. The average molecular weight is 759 g/mol. The largest absolute Gasteiger partial charge is 0.490 e. The third-order valence-electron chi connectivity index (χ3n) is 11.1. The van der Waals surface area contributed by atoms with Gasteiger partial charge in [-0.05, 0) is 91.3 Å². The number of ether oxygens (including phenoxy) is 2. The molecule has 1 saturated carbocycles. The lowest BCUT2D eigenvalue weighted by molar-refractivity contribution is -0.148. The number of hydrogen-bond donors (Lipinski definition) is 3. The highest BCUT2D eigenvalue weighted by Crippen LogP contribution is 2.48. The minimum absolute atomic E-state index is 0.0195. The van der Waals surface area contributed by atoms with Gasteiger partial charge in [0, 0.05) is 51.2 Å². The molecule has 2 aliphatic heterocycles. The molecule has 2 aliphatic carbocycles. The molecule has 0 saturated heterocycles. The highest BCUT2D eigenvalue weighted by molar-refractivity contribution is 7.87. The highest BCUT2D eigenvalue weighted by atomic mass is 35.5. The van der Waals surface area contributed by atoms with E-state index in [1.807, 2.05) is 29.0 Å². The Hall–Kier alpha value is -3.69. The number of carboxylic acid groups (broad SMARTS) is 1. The summed E-state index contributed by atoms with van der Waals surface area (Å²) in [6.45, 7) is 1.22. The van der Waals surface area contributed by atoms with E-state index in [4.69, 9.17) is 21.1 Å². The molecule has 2 aromatic carbocycles. The molecule has 2 bridgehead atoms. The molecular weight excluding hydrogens is 712 g/mol. The maximum Gasteiger partial charge on any atom is 0.329 e. The van der Waals surface area contributed by atoms with Gasteiger partial charge in [-0.25, -0.2) is 9.52 Å². The normalized spacial score (nSPS) is 28.6. The molecule has 1 spiro atoms. The number of rotatable bonds is 6. The Kier molecular flexibility index (Phi) is 11.0. The monoisotopic (exact) mass is 758 g/mol. The predicted octanol–water partition coefficient (Wildman–Crippen LogP) is 3.23. The van der Waals surface area contributed by atoms with Crippen LogP contribution in [-0.4, -0.2) is 106 Å². The van der Waals surface area contributed by atoms with Crippen LogP contribution in [-0.2, 0) is 46.8 Å². The van der Waals surface area contributed by atoms with E-state index >= 15 is 0 Å². The van der Waals surface area contributed by atoms with Crippen molar-refractivity contribution in [2.45, 2.75) is 62.1 Å². The molecule has 15 heteroatoms. The van der Waals surface area contributed by atoms with Gasteiger partial charge in [0.25, 0.3) is 5.91 Å². The summed E-state index contributed by atoms with van der Waals surface area (Å²) in [5.41, 5.74) is -0.0446. The van der Waals surface area contributed by atoms with E-state index in [0.717, 1.165) is 47.5 Å². The fourth-order valence-electron chi connectivity index (χ4n) is 7.98. The van der Waals surface area contributed by atoms with Crippen molar-refractivity contribution in [1.82, 2.24) is 13.9 Å². The van der Waals surface area contributed by atoms with Gasteiger partial charge in [-0.2, -0.15) is 12.7 Å². The maximum absolute atomic E-state index is 13.9. The Morgan fingerprint density at radius 2 is 1.96 bits per heavy atom. The van der Waals surface area contributed by atoms with E-state index in [1.54, 1.807) is 12.1 Å². The summed E-state index contributed by atoms with van der Waals surface area (Å²) in [4.78, 5) is 42.6. The van der Waals surface area contributed by atoms with Gasteiger partial charge in [-0.3, -0.25) is 9.59 Å². The number of anilines is 1. The Balaban J connectivity index is 1.47. The van der Waals surface area contributed by atoms with Crippen LogP contribution in [0.15, 0.2) is 48.6 Å². The number of carboxylic acids is 1. The summed E-state index contributed by atoms with van der Waals surface area (Å²) < 4.78 is 40.9. The summed E-state index contributed by atoms with van der Waals surface area (Å²) in [6, 6.07) is 10.8. The molecule has 52 heavy (non-hydrogen) atoms. The Labute approximate surface area is 309 Å². The molecule has 4 aliphatic rings. The Morgan fingerprint density at radius 1 is 1.17 bits per heavy atom. The summed E-state index contributed by atoms with van der Waals surface area (Å²) in [7, 11) is -0.283. The number of aliphatic hydroxyl groups is 1. The first kappa shape index (κ1) is 38.0. The van der Waals surface area contributed by atoms with Crippen molar-refractivity contribution < 1.29 is 42.5 Å². The zero-order valence-corrected chi connectivity index (χ0v) is 31.3. The molecule has 0 unspecified atom stereocenters. The third kappa shape index (κ3) is 7.67. The smallest absolute Gasteiger partial charge is 0.329 e. The van der Waals surface area contributed by atoms with Crippen molar-refractivity contribution in [3.63, 3.8) is 0 Å². The van der Waals surface area contributed by atoms with Crippen LogP contribution in [0.1, 0.15) is 55.2 Å². The third-order valence-corrected chi connectivity index (χ3v) is 12.8. The van der Waals surface area contributed by atoms with E-state index in [2.05, 4.69) is 11.0 Å². The number of hydrogen-bond acceptors (Lipinski definition) is 9. The fraction of sp³-hybridized carbons (Fsp3) is 0.541. The van der Waals surface area contributed by atoms with Gasteiger partial charge in [0.1, 0.15) is 12.4 Å². The second-order valence-corrected chi connectivity index (χ2v) is 17.1. The Morgan fingerprint density at radius 3 is 2.67 bits per heavy atom. The highest BCUT2D eigenvalue weighted by Gasteiger charge is 2.47. The molecule has 13 nitrogen and oxygen atoms in total. The molecule has 2 aromatic rings. The zero-order chi connectivity index (χ0) is 37.4. The standard InChI is InChI=1S/C37H47ClN4O9S/c1-40(2)52(48,49)39-35(46)37(47)19-33(43)41(3)16-5-4-8-31(50-21-34(44)45)28-12-9-25(28)20-42-22-36(23-51-32-14-10-26(37)18-30(32)42)15-6-7-24-17-27(38)11-13-29(24)36/h4,8,10-11,13-14,17-18,25,28,31,47H,5-7,9,12,15-16,19-23H2,1-3H3,(H,39,46)(H,44,45)/b8-4+/t25-,28+,31-,36-,37+/m0/s1. The Bertz CT molecular complexity index is 1860. The number of aryl methyl sites for hydroxylation is 1. The number of nitrogens with one attached hydrogen (secondary N) is 1. The van der Waals surface area contributed by atoms with Crippen LogP contribution >= 0.6 is 11.6 Å². The summed E-state index contributed by atoms with van der Waals surface area (Å²) in [6.07, 6.45) is 7.32. The van der Waals surface area contributed by atoms with E-state index in [9.17, 15) is 33.0 Å². The second-order valence-electron chi connectivity index (χ2n) is 14.7. The molecule has 282 valence electrons. The molecule has 2 heterocycles. The van der Waals surface area contributed by atoms with Crippen LogP contribution in [0.2, 0.25) is 5.02 Å². The second kappa shape index (κ2) is 15.0. The molecule has 5 atom stereocenters. The van der Waals surface area contributed by atoms with Crippen LogP contribution in [0.25, 0.3) is 0 Å². The van der Waals surface area contributed by atoms with E-state index in [0.29, 0.717) is 42.6 Å². The SMILES string of the molecule is CN1CC/C=C/[C@H](OCC(=O)O)[C@@H]2CC[C@H]2CN2C[C@@]3(CCCc4cc(Cl)ccc43)COc3ccc(cc32)[C@@](O)(C(=O)NS(=O)(=O)N(C)C)CC1=O. The van der Waals surface area contributed by atoms with Crippen molar-refractivity contribution in [2.75, 3.05) is 58.9 Å². The minimum Gasteiger partial charge on any atom is -0.490 e. The summed E-state index contributed by atoms with van der Waals surface area (Å²) >= 11 is 6.43. The number of amides is 2. The molecule has 1 fully saturated rings. The fourth-order valence-corrected chi connectivity index (χ4v) is 8.76. The first-order chi connectivity index (χ1) is 24.6. The quantitative estimate of drug-likeness (QED) is 0.373. The maximum atomic E-state index is 13.9. The number of benzene rings is 2. The number of carbonyl (C=O) groups is 3. The molecule has 0 radical (unpaired) electrons. The van der Waals surface area contributed by atoms with Crippen LogP contribution in [0, 0.1) is 11.8 Å². The van der Waals surface area contributed by atoms with Crippen molar-refractivity contribution >= 4 is 45.3 Å². The van der Waals surface area contributed by atoms with Crippen LogP contribution in [0.4, 0.5) is 5.69 Å². The van der Waals surface area contributed by atoms with Crippen LogP contribution in [0.3, 0.4) is 0 Å². The van der Waals surface area contributed by atoms with E-state index in [-0.39, 0.29) is 23.9 Å². The molecule has 2 amide bonds. The van der Waals surface area contributed by atoms with Gasteiger partial charge < -0.3 is 29.5 Å². The van der Waals surface area contributed by atoms with Gasteiger partial charge in [-0.15, -0.1) is 0 Å². The average Bonchev–Trinajstić information content (AvgIpc) is 3.22. The van der Waals surface area contributed by atoms with Gasteiger partial charge in [0.2, 0.25) is 5.91 Å². The zero-order valence-electron chi connectivity index (χ0n) is 29.7. The number of nitrogens with zero attached hydrogens (tertiary/aromatic N) is 3. The number of carbonyl (C=O) groups excluding carboxylic acids is 2. The predicted molar refractivity (Wildman–Crippen MR) is 194 cm³/mol. The van der Waals surface area contributed by atoms with E-state index < -0.39 is 58.1 Å². The lowest BCUT2D eigenvalue weighted by Gasteiger charge is -2.46. The first-order valence-electron chi connectivity index (χ1n) is 17.6. The van der Waals surface area contributed by atoms with Crippen molar-refractivity contribution in [1.29, 1.82) is 0 Å². The molecule has 6 rings (SSSR count).